The summed E-state index contributed by atoms with van der Waals surface area (Å²) in [5.74, 6) is -0.777. The van der Waals surface area contributed by atoms with Crippen LogP contribution in [0.1, 0.15) is 31.5 Å². The first-order chi connectivity index (χ1) is 9.22. The van der Waals surface area contributed by atoms with Crippen LogP contribution in [-0.2, 0) is 16.1 Å². The lowest BCUT2D eigenvalue weighted by Crippen LogP contribution is -2.40. The number of carbonyl (C=O) groups is 1. The summed E-state index contributed by atoms with van der Waals surface area (Å²) < 4.78 is 7.40. The Labute approximate surface area is 113 Å². The quantitative estimate of drug-likeness (QED) is 0.837. The molecule has 1 N–H and O–H groups in total. The highest BCUT2D eigenvalue weighted by Crippen LogP contribution is 2.25. The molecule has 1 unspecified atom stereocenters. The van der Waals surface area contributed by atoms with Gasteiger partial charge in [0.05, 0.1) is 37.7 Å². The summed E-state index contributed by atoms with van der Waals surface area (Å²) in [5, 5.41) is 9.15. The second-order valence-corrected chi connectivity index (χ2v) is 4.77. The molecular formula is C13H21N3O3. The monoisotopic (exact) mass is 267 g/mol. The van der Waals surface area contributed by atoms with Crippen molar-refractivity contribution < 1.29 is 14.6 Å². The van der Waals surface area contributed by atoms with Crippen LogP contribution >= 0.6 is 0 Å². The second kappa shape index (κ2) is 6.68. The molecule has 0 amide bonds. The number of rotatable bonds is 6. The Morgan fingerprint density at radius 2 is 2.26 bits per heavy atom. The minimum Gasteiger partial charge on any atom is -0.481 e. The van der Waals surface area contributed by atoms with E-state index in [0.717, 1.165) is 31.7 Å². The minimum absolute atomic E-state index is 0.107. The summed E-state index contributed by atoms with van der Waals surface area (Å²) >= 11 is 0. The highest BCUT2D eigenvalue weighted by molar-refractivity contribution is 5.67. The smallest absolute Gasteiger partial charge is 0.305 e. The second-order valence-electron chi connectivity index (χ2n) is 4.77. The summed E-state index contributed by atoms with van der Waals surface area (Å²) in [5.41, 5.74) is 0.992. The first kappa shape index (κ1) is 14.0. The number of aryl methyl sites for hydroxylation is 1. The topological polar surface area (TPSA) is 67.6 Å². The van der Waals surface area contributed by atoms with Crippen molar-refractivity contribution >= 4 is 5.97 Å². The van der Waals surface area contributed by atoms with Gasteiger partial charge in [0.25, 0.3) is 0 Å². The van der Waals surface area contributed by atoms with Gasteiger partial charge in [-0.1, -0.05) is 6.92 Å². The molecule has 0 radical (unpaired) electrons. The van der Waals surface area contributed by atoms with Gasteiger partial charge < -0.3 is 14.4 Å². The van der Waals surface area contributed by atoms with E-state index >= 15 is 0 Å². The van der Waals surface area contributed by atoms with Crippen LogP contribution in [0.3, 0.4) is 0 Å². The van der Waals surface area contributed by atoms with Crippen LogP contribution < -0.4 is 0 Å². The number of carboxylic acid groups (broad SMARTS) is 1. The van der Waals surface area contributed by atoms with Crippen LogP contribution in [0.4, 0.5) is 0 Å². The fourth-order valence-corrected chi connectivity index (χ4v) is 2.51. The van der Waals surface area contributed by atoms with Crippen molar-refractivity contribution in [3.8, 4) is 0 Å². The van der Waals surface area contributed by atoms with Gasteiger partial charge in [-0.25, -0.2) is 4.98 Å². The molecule has 2 heterocycles. The number of aromatic nitrogens is 2. The van der Waals surface area contributed by atoms with Crippen molar-refractivity contribution in [1.82, 2.24) is 14.5 Å². The highest BCUT2D eigenvalue weighted by atomic mass is 16.5. The van der Waals surface area contributed by atoms with E-state index in [0.29, 0.717) is 13.2 Å². The predicted octanol–water partition coefficient (Wildman–Crippen LogP) is 1.14. The average Bonchev–Trinajstić information content (AvgIpc) is 2.85. The van der Waals surface area contributed by atoms with Gasteiger partial charge >= 0.3 is 5.97 Å². The Balaban J connectivity index is 2.19. The molecule has 106 valence electrons. The number of morpholine rings is 1. The first-order valence-corrected chi connectivity index (χ1v) is 6.76. The molecule has 1 aromatic heterocycles. The van der Waals surface area contributed by atoms with Crippen LogP contribution in [0.2, 0.25) is 0 Å². The van der Waals surface area contributed by atoms with Crippen LogP contribution in [0.15, 0.2) is 12.5 Å². The lowest BCUT2D eigenvalue weighted by molar-refractivity contribution is -0.139. The maximum Gasteiger partial charge on any atom is 0.305 e. The molecule has 0 spiro atoms. The molecule has 1 fully saturated rings. The molecule has 1 aliphatic heterocycles. The standard InChI is InChI=1S/C13H21N3O3/c1-2-3-16-10-14-9-12(16)11(8-13(17)18)15-4-6-19-7-5-15/h9-11H,2-8H2,1H3,(H,17,18). The van der Waals surface area contributed by atoms with Gasteiger partial charge in [0.15, 0.2) is 0 Å². The van der Waals surface area contributed by atoms with Gasteiger partial charge in [0, 0.05) is 25.8 Å². The fraction of sp³-hybridized carbons (Fsp3) is 0.692. The fourth-order valence-electron chi connectivity index (χ4n) is 2.51. The number of nitrogens with zero attached hydrogens (tertiary/aromatic N) is 3. The van der Waals surface area contributed by atoms with E-state index in [-0.39, 0.29) is 12.5 Å². The SMILES string of the molecule is CCCn1cncc1C(CC(=O)O)N1CCOCC1. The molecule has 6 nitrogen and oxygen atoms in total. The lowest BCUT2D eigenvalue weighted by atomic mass is 10.1. The zero-order valence-electron chi connectivity index (χ0n) is 11.3. The normalized spacial score (nSPS) is 18.4. The van der Waals surface area contributed by atoms with E-state index in [1.807, 2.05) is 0 Å². The maximum absolute atomic E-state index is 11.1. The number of ether oxygens (including phenoxy) is 1. The summed E-state index contributed by atoms with van der Waals surface area (Å²) in [7, 11) is 0. The molecule has 6 heteroatoms. The molecule has 0 bridgehead atoms. The van der Waals surface area contributed by atoms with Gasteiger partial charge in [0.2, 0.25) is 0 Å². The van der Waals surface area contributed by atoms with E-state index in [9.17, 15) is 4.79 Å². The number of hydrogen-bond donors (Lipinski definition) is 1. The number of imidazole rings is 1. The van der Waals surface area contributed by atoms with E-state index in [2.05, 4.69) is 21.4 Å². The van der Waals surface area contributed by atoms with Crippen molar-refractivity contribution in [3.05, 3.63) is 18.2 Å². The number of carboxylic acids is 1. The number of aliphatic carboxylic acids is 1. The van der Waals surface area contributed by atoms with Crippen molar-refractivity contribution in [1.29, 1.82) is 0 Å². The molecule has 0 aromatic carbocycles. The predicted molar refractivity (Wildman–Crippen MR) is 69.9 cm³/mol. The summed E-state index contributed by atoms with van der Waals surface area (Å²) in [6.07, 6.45) is 4.69. The van der Waals surface area contributed by atoms with Crippen LogP contribution in [0.5, 0.6) is 0 Å². The van der Waals surface area contributed by atoms with E-state index < -0.39 is 5.97 Å². The van der Waals surface area contributed by atoms with Gasteiger partial charge in [-0.05, 0) is 6.42 Å². The summed E-state index contributed by atoms with van der Waals surface area (Å²) in [4.78, 5) is 17.5. The Morgan fingerprint density at radius 3 is 2.89 bits per heavy atom. The summed E-state index contributed by atoms with van der Waals surface area (Å²) in [6, 6.07) is -0.115. The molecule has 0 aliphatic carbocycles. The first-order valence-electron chi connectivity index (χ1n) is 6.76. The van der Waals surface area contributed by atoms with Crippen molar-refractivity contribution in [2.75, 3.05) is 26.3 Å². The van der Waals surface area contributed by atoms with E-state index in [1.54, 1.807) is 12.5 Å². The van der Waals surface area contributed by atoms with Gasteiger partial charge in [-0.15, -0.1) is 0 Å². The Morgan fingerprint density at radius 1 is 1.53 bits per heavy atom. The molecule has 19 heavy (non-hydrogen) atoms. The Hall–Kier alpha value is -1.40. The molecule has 1 atom stereocenters. The van der Waals surface area contributed by atoms with Crippen molar-refractivity contribution in [3.63, 3.8) is 0 Å². The Bertz CT molecular complexity index is 413. The molecule has 2 rings (SSSR count). The molecule has 0 saturated carbocycles. The average molecular weight is 267 g/mol. The molecule has 1 saturated heterocycles. The Kier molecular flexibility index (Phi) is 4.93. The van der Waals surface area contributed by atoms with E-state index in [4.69, 9.17) is 9.84 Å². The van der Waals surface area contributed by atoms with Crippen molar-refractivity contribution in [2.45, 2.75) is 32.4 Å². The largest absolute Gasteiger partial charge is 0.481 e. The van der Waals surface area contributed by atoms with Gasteiger partial charge in [-0.3, -0.25) is 9.69 Å². The third-order valence-corrected chi connectivity index (χ3v) is 3.40. The van der Waals surface area contributed by atoms with Crippen molar-refractivity contribution in [2.24, 2.45) is 0 Å². The highest BCUT2D eigenvalue weighted by Gasteiger charge is 2.27. The van der Waals surface area contributed by atoms with Crippen LogP contribution in [0, 0.1) is 0 Å². The minimum atomic E-state index is -0.777. The molecular weight excluding hydrogens is 246 g/mol. The van der Waals surface area contributed by atoms with Crippen LogP contribution in [-0.4, -0.2) is 51.8 Å². The van der Waals surface area contributed by atoms with Gasteiger partial charge in [0.1, 0.15) is 0 Å². The molecule has 1 aromatic rings. The third-order valence-electron chi connectivity index (χ3n) is 3.40. The molecule has 1 aliphatic rings. The van der Waals surface area contributed by atoms with E-state index in [1.165, 1.54) is 0 Å². The van der Waals surface area contributed by atoms with Crippen LogP contribution in [0.25, 0.3) is 0 Å². The summed E-state index contributed by atoms with van der Waals surface area (Å²) in [6.45, 7) is 5.85. The zero-order chi connectivity index (χ0) is 13.7. The maximum atomic E-state index is 11.1. The third kappa shape index (κ3) is 3.54. The van der Waals surface area contributed by atoms with Gasteiger partial charge in [-0.2, -0.15) is 0 Å². The zero-order valence-corrected chi connectivity index (χ0v) is 11.3. The lowest BCUT2D eigenvalue weighted by Gasteiger charge is -2.34. The number of hydrogen-bond acceptors (Lipinski definition) is 4.